The summed E-state index contributed by atoms with van der Waals surface area (Å²) in [5, 5.41) is 12.7. The number of carbonyl (C=O) groups excluding carboxylic acids is 13. The molecule has 27 nitrogen and oxygen atoms in total. The molecule has 5 amide bonds. The Bertz CT molecular complexity index is 2720. The Balaban J connectivity index is 3.35. The lowest BCUT2D eigenvalue weighted by molar-refractivity contribution is -0.167. The van der Waals surface area contributed by atoms with Crippen LogP contribution in [0.5, 0.6) is 0 Å². The van der Waals surface area contributed by atoms with Gasteiger partial charge in [0.25, 0.3) is 0 Å². The third-order valence-corrected chi connectivity index (χ3v) is 11.7. The standard InChI is InChI=1S/C66H106N6O21/c1-60(2,3)86-52(78)38-32-45(58(84)91-65(16,17)18)71-50(76)36-30-43(56(82)89-63(10,11)12)69-48(74)34-28-41(54(80)87-61(4,5)6)67-47(73)33-27-42(55(81)88-62(7,8)9)68-49(75)35-29-44(57(83)90-64(13,14)15)70-51(77)37-31-46(59(85)92-66(19,20)21)72-93-53(79)39-40-25-23-22-24-26-40/h22-26,41-46,72H,27-39H2,1-21H3,(H,67,73)(H,68,75)(H,69,74)(H,70,77)(H,71,76)/t41-,42-,43-,44-,45-,46-/m0/s1. The summed E-state index contributed by atoms with van der Waals surface area (Å²) in [6.45, 7) is 33.8. The van der Waals surface area contributed by atoms with E-state index < -0.39 is 198 Å². The number of hydroxylamine groups is 1. The van der Waals surface area contributed by atoms with E-state index in [9.17, 15) is 62.3 Å². The van der Waals surface area contributed by atoms with Crippen LogP contribution in [0.3, 0.4) is 0 Å². The van der Waals surface area contributed by atoms with E-state index in [4.69, 9.17) is 38.0 Å². The molecule has 0 saturated carbocycles. The Labute approximate surface area is 548 Å². The number of benzene rings is 1. The van der Waals surface area contributed by atoms with E-state index >= 15 is 0 Å². The fourth-order valence-electron chi connectivity index (χ4n) is 8.01. The second-order valence-corrected chi connectivity index (χ2v) is 29.4. The van der Waals surface area contributed by atoms with Gasteiger partial charge in [0.15, 0.2) is 0 Å². The average molecular weight is 1320 g/mol. The first-order valence-corrected chi connectivity index (χ1v) is 31.3. The molecule has 93 heavy (non-hydrogen) atoms. The Morgan fingerprint density at radius 3 is 0.742 bits per heavy atom. The zero-order valence-corrected chi connectivity index (χ0v) is 58.6. The van der Waals surface area contributed by atoms with Crippen LogP contribution >= 0.6 is 0 Å². The fourth-order valence-corrected chi connectivity index (χ4v) is 8.01. The number of carbonyl (C=O) groups is 13. The van der Waals surface area contributed by atoms with Gasteiger partial charge in [-0.2, -0.15) is 0 Å². The molecule has 6 N–H and O–H groups in total. The van der Waals surface area contributed by atoms with Gasteiger partial charge >= 0.3 is 47.8 Å². The summed E-state index contributed by atoms with van der Waals surface area (Å²) in [5.74, 6) is -10.7. The highest BCUT2D eigenvalue weighted by Crippen LogP contribution is 2.20. The number of hydrogen-bond acceptors (Lipinski definition) is 22. The van der Waals surface area contributed by atoms with E-state index in [1.807, 2.05) is 0 Å². The largest absolute Gasteiger partial charge is 0.460 e. The Morgan fingerprint density at radius 1 is 0.290 bits per heavy atom. The molecule has 0 saturated heterocycles. The maximum Gasteiger partial charge on any atom is 0.329 e. The number of rotatable bonds is 33. The van der Waals surface area contributed by atoms with Crippen molar-refractivity contribution in [3.05, 3.63) is 35.9 Å². The van der Waals surface area contributed by atoms with Gasteiger partial charge in [0.1, 0.15) is 75.5 Å². The van der Waals surface area contributed by atoms with Crippen molar-refractivity contribution >= 4 is 77.3 Å². The monoisotopic (exact) mass is 1320 g/mol. The Morgan fingerprint density at radius 2 is 0.505 bits per heavy atom. The van der Waals surface area contributed by atoms with Gasteiger partial charge in [0, 0.05) is 38.5 Å². The zero-order chi connectivity index (χ0) is 71.7. The number of esters is 7. The first-order chi connectivity index (χ1) is 42.3. The van der Waals surface area contributed by atoms with Gasteiger partial charge in [-0.1, -0.05) is 30.3 Å². The minimum atomic E-state index is -1.49. The highest BCUT2D eigenvalue weighted by atomic mass is 16.7. The van der Waals surface area contributed by atoms with Crippen molar-refractivity contribution < 1.29 is 100 Å². The van der Waals surface area contributed by atoms with Gasteiger partial charge < -0.3 is 64.6 Å². The van der Waals surface area contributed by atoms with Crippen LogP contribution in [0.4, 0.5) is 0 Å². The van der Waals surface area contributed by atoms with Crippen LogP contribution in [-0.2, 0) is 107 Å². The molecule has 0 unspecified atom stereocenters. The van der Waals surface area contributed by atoms with Crippen molar-refractivity contribution in [3.8, 4) is 0 Å². The molecule has 0 aliphatic carbocycles. The first-order valence-electron chi connectivity index (χ1n) is 31.3. The molecule has 0 bridgehead atoms. The zero-order valence-electron chi connectivity index (χ0n) is 58.6. The molecule has 526 valence electrons. The predicted octanol–water partition coefficient (Wildman–Crippen LogP) is 6.14. The van der Waals surface area contributed by atoms with Gasteiger partial charge in [0.2, 0.25) is 29.5 Å². The third-order valence-electron chi connectivity index (χ3n) is 11.7. The number of ether oxygens (including phenoxy) is 7. The molecule has 0 fully saturated rings. The van der Waals surface area contributed by atoms with Crippen LogP contribution in [0.15, 0.2) is 30.3 Å². The van der Waals surface area contributed by atoms with Crippen molar-refractivity contribution in [2.24, 2.45) is 0 Å². The predicted molar refractivity (Wildman–Crippen MR) is 339 cm³/mol. The summed E-state index contributed by atoms with van der Waals surface area (Å²) in [5.41, 5.74) is -3.92. The molecule has 6 atom stereocenters. The maximum absolute atomic E-state index is 13.8. The quantitative estimate of drug-likeness (QED) is 0.0261. The summed E-state index contributed by atoms with van der Waals surface area (Å²) in [7, 11) is 0. The molecule has 0 aliphatic rings. The second kappa shape index (κ2) is 36.7. The van der Waals surface area contributed by atoms with E-state index in [2.05, 4.69) is 32.1 Å². The maximum atomic E-state index is 13.8. The molecular weight excluding hydrogens is 1210 g/mol. The lowest BCUT2D eigenvalue weighted by Gasteiger charge is -2.27. The molecule has 0 radical (unpaired) electrons. The highest BCUT2D eigenvalue weighted by molar-refractivity contribution is 5.90. The van der Waals surface area contributed by atoms with Crippen LogP contribution in [-0.4, -0.2) is 153 Å². The topological polar surface area (TPSA) is 368 Å². The minimum absolute atomic E-state index is 0.126. The Kier molecular flexibility index (Phi) is 32.8. The van der Waals surface area contributed by atoms with Crippen LogP contribution in [0.25, 0.3) is 0 Å². The van der Waals surface area contributed by atoms with Gasteiger partial charge in [-0.15, -0.1) is 5.48 Å². The number of amides is 5. The van der Waals surface area contributed by atoms with Crippen molar-refractivity contribution in [2.45, 2.75) is 304 Å². The molecule has 0 aromatic heterocycles. The van der Waals surface area contributed by atoms with Crippen LogP contribution in [0, 0.1) is 0 Å². The lowest BCUT2D eigenvalue weighted by Crippen LogP contribution is -2.48. The SMILES string of the molecule is CC(C)(C)OC(=O)CC[C@H](NC(=O)CC[C@H](NC(=O)CC[C@H](NC(=O)CC[C@H](NC(=O)CC[C@H](NC(=O)CC[C@H](NOC(=O)Cc1ccccc1)C(=O)OC(C)(C)C)C(=O)OC(C)(C)C)C(=O)OC(C)(C)C)C(=O)OC(C)(C)C)C(=O)OC(C)(C)C)C(=O)OC(C)(C)C. The lowest BCUT2D eigenvalue weighted by atomic mass is 10.1. The highest BCUT2D eigenvalue weighted by Gasteiger charge is 2.36. The molecule has 0 heterocycles. The molecule has 27 heteroatoms. The van der Waals surface area contributed by atoms with Crippen molar-refractivity contribution in [1.29, 1.82) is 0 Å². The summed E-state index contributed by atoms with van der Waals surface area (Å²) in [6, 6.07) is 0.210. The van der Waals surface area contributed by atoms with E-state index in [-0.39, 0.29) is 38.5 Å². The second-order valence-electron chi connectivity index (χ2n) is 29.4. The van der Waals surface area contributed by atoms with Crippen LogP contribution in [0.2, 0.25) is 0 Å². The van der Waals surface area contributed by atoms with E-state index in [0.717, 1.165) is 0 Å². The van der Waals surface area contributed by atoms with Crippen LogP contribution < -0.4 is 32.1 Å². The van der Waals surface area contributed by atoms with Crippen molar-refractivity contribution in [2.75, 3.05) is 0 Å². The smallest absolute Gasteiger partial charge is 0.329 e. The van der Waals surface area contributed by atoms with Gasteiger partial charge in [-0.05, 0) is 189 Å². The fraction of sp³-hybridized carbons (Fsp3) is 0.712. The van der Waals surface area contributed by atoms with Gasteiger partial charge in [-0.25, -0.2) is 24.0 Å². The van der Waals surface area contributed by atoms with Gasteiger partial charge in [0.05, 0.1) is 6.42 Å². The summed E-state index contributed by atoms with van der Waals surface area (Å²) >= 11 is 0. The van der Waals surface area contributed by atoms with Crippen molar-refractivity contribution in [1.82, 2.24) is 32.1 Å². The minimum Gasteiger partial charge on any atom is -0.460 e. The number of hydrogen-bond donors (Lipinski definition) is 6. The van der Waals surface area contributed by atoms with Crippen molar-refractivity contribution in [3.63, 3.8) is 0 Å². The molecule has 0 spiro atoms. The summed E-state index contributed by atoms with van der Waals surface area (Å²) < 4.78 is 38.6. The van der Waals surface area contributed by atoms with Crippen LogP contribution in [0.1, 0.15) is 228 Å². The molecule has 1 aromatic rings. The third kappa shape index (κ3) is 40.8. The average Bonchev–Trinajstić information content (AvgIpc) is 1.25. The van der Waals surface area contributed by atoms with E-state index in [1.54, 1.807) is 176 Å². The van der Waals surface area contributed by atoms with Gasteiger partial charge in [-0.3, -0.25) is 38.4 Å². The Hall–Kier alpha value is -7.71. The number of nitrogens with one attached hydrogen (secondary N) is 6. The molecule has 1 aromatic carbocycles. The summed E-state index contributed by atoms with van der Waals surface area (Å²) in [6.07, 6.45) is -4.67. The normalized spacial score (nSPS) is 14.1. The first kappa shape index (κ1) is 83.3. The van der Waals surface area contributed by atoms with E-state index in [0.29, 0.717) is 5.56 Å². The molecule has 0 aliphatic heterocycles. The van der Waals surface area contributed by atoms with E-state index in [1.165, 1.54) is 0 Å². The molecular formula is C66H106N6O21. The molecule has 1 rings (SSSR count). The summed E-state index contributed by atoms with van der Waals surface area (Å²) in [4.78, 5) is 180.